The van der Waals surface area contributed by atoms with Gasteiger partial charge in [0.1, 0.15) is 0 Å². The highest BCUT2D eigenvalue weighted by atomic mass is 32.2. The van der Waals surface area contributed by atoms with Gasteiger partial charge in [0.2, 0.25) is 0 Å². The zero-order valence-corrected chi connectivity index (χ0v) is 13.3. The van der Waals surface area contributed by atoms with Crippen molar-refractivity contribution in [2.75, 3.05) is 7.11 Å². The molecule has 0 fully saturated rings. The number of benzene rings is 2. The molecule has 0 aliphatic heterocycles. The van der Waals surface area contributed by atoms with Gasteiger partial charge in [-0.3, -0.25) is 10.1 Å². The number of hydrogen-bond donors (Lipinski definition) is 0. The molecule has 0 heterocycles. The van der Waals surface area contributed by atoms with Gasteiger partial charge in [0.15, 0.2) is 6.10 Å². The lowest BCUT2D eigenvalue weighted by molar-refractivity contribution is -0.384. The summed E-state index contributed by atoms with van der Waals surface area (Å²) in [5.74, 6) is -0.883. The van der Waals surface area contributed by atoms with Crippen LogP contribution in [-0.2, 0) is 23.8 Å². The largest absolute Gasteiger partial charge is 0.467 e. The fourth-order valence-electron chi connectivity index (χ4n) is 1.88. The molecule has 0 aromatic heterocycles. The topological polar surface area (TPSA) is 113 Å². The first-order chi connectivity index (χ1) is 11.3. The van der Waals surface area contributed by atoms with Crippen molar-refractivity contribution >= 4 is 21.8 Å². The highest BCUT2D eigenvalue weighted by Gasteiger charge is 2.30. The Morgan fingerprint density at radius 3 is 2.17 bits per heavy atom. The van der Waals surface area contributed by atoms with Crippen LogP contribution in [0.5, 0.6) is 0 Å². The Morgan fingerprint density at radius 1 is 1.08 bits per heavy atom. The third-order valence-corrected chi connectivity index (χ3v) is 4.37. The second-order valence-electron chi connectivity index (χ2n) is 4.62. The van der Waals surface area contributed by atoms with Crippen LogP contribution in [0.25, 0.3) is 0 Å². The summed E-state index contributed by atoms with van der Waals surface area (Å²) in [6.45, 7) is 0. The van der Waals surface area contributed by atoms with E-state index in [2.05, 4.69) is 4.74 Å². The van der Waals surface area contributed by atoms with E-state index in [9.17, 15) is 23.3 Å². The molecule has 2 aromatic carbocycles. The van der Waals surface area contributed by atoms with E-state index in [4.69, 9.17) is 4.18 Å². The van der Waals surface area contributed by atoms with Gasteiger partial charge in [0.25, 0.3) is 15.8 Å². The van der Waals surface area contributed by atoms with Gasteiger partial charge >= 0.3 is 5.97 Å². The summed E-state index contributed by atoms with van der Waals surface area (Å²) in [5, 5.41) is 10.6. The Kier molecular flexibility index (Phi) is 5.27. The first-order valence-electron chi connectivity index (χ1n) is 6.65. The van der Waals surface area contributed by atoms with Crippen LogP contribution in [0.1, 0.15) is 11.7 Å². The van der Waals surface area contributed by atoms with Gasteiger partial charge in [-0.1, -0.05) is 30.3 Å². The molecule has 0 unspecified atom stereocenters. The van der Waals surface area contributed by atoms with Crippen molar-refractivity contribution in [2.45, 2.75) is 11.0 Å². The fraction of sp³-hybridized carbons (Fsp3) is 0.133. The second kappa shape index (κ2) is 7.20. The van der Waals surface area contributed by atoms with Crippen LogP contribution in [-0.4, -0.2) is 26.4 Å². The zero-order chi connectivity index (χ0) is 17.7. The molecule has 0 N–H and O–H groups in total. The normalized spacial score (nSPS) is 12.4. The first kappa shape index (κ1) is 17.6. The van der Waals surface area contributed by atoms with E-state index >= 15 is 0 Å². The standard InChI is InChI=1S/C15H13NO7S/c1-22-15(17)14(11-5-3-2-4-6-11)23-24(20,21)13-9-7-12(8-10-13)16(18)19/h2-10,14H,1H3/t14-/m0/s1. The molecule has 0 bridgehead atoms. The van der Waals surface area contributed by atoms with Crippen molar-refractivity contribution in [2.24, 2.45) is 0 Å². The number of rotatable bonds is 6. The summed E-state index contributed by atoms with van der Waals surface area (Å²) < 4.78 is 34.2. The maximum absolute atomic E-state index is 12.3. The number of methoxy groups -OCH3 is 1. The molecule has 2 aromatic rings. The first-order valence-corrected chi connectivity index (χ1v) is 8.06. The third-order valence-electron chi connectivity index (χ3n) is 3.08. The van der Waals surface area contributed by atoms with E-state index in [1.807, 2.05) is 0 Å². The number of ether oxygens (including phenoxy) is 1. The van der Waals surface area contributed by atoms with Gasteiger partial charge in [-0.15, -0.1) is 0 Å². The predicted molar refractivity (Wildman–Crippen MR) is 82.6 cm³/mol. The Bertz CT molecular complexity index is 832. The monoisotopic (exact) mass is 351 g/mol. The number of nitro groups is 1. The quantitative estimate of drug-likeness (QED) is 0.339. The lowest BCUT2D eigenvalue weighted by Crippen LogP contribution is -2.21. The molecule has 9 heteroatoms. The zero-order valence-electron chi connectivity index (χ0n) is 12.5. The molecule has 2 rings (SSSR count). The van der Waals surface area contributed by atoms with Crippen molar-refractivity contribution < 1.29 is 27.1 Å². The minimum absolute atomic E-state index is 0.262. The Balaban J connectivity index is 2.33. The molecule has 1 atom stereocenters. The average Bonchev–Trinajstić information content (AvgIpc) is 2.60. The van der Waals surface area contributed by atoms with Crippen molar-refractivity contribution in [3.63, 3.8) is 0 Å². The number of hydrogen-bond acceptors (Lipinski definition) is 7. The molecule has 0 aliphatic rings. The maximum atomic E-state index is 12.3. The number of carbonyl (C=O) groups is 1. The van der Waals surface area contributed by atoms with Gasteiger partial charge in [0, 0.05) is 12.1 Å². The summed E-state index contributed by atoms with van der Waals surface area (Å²) >= 11 is 0. The SMILES string of the molecule is COC(=O)[C@@H](OS(=O)(=O)c1ccc([N+](=O)[O-])cc1)c1ccccc1. The van der Waals surface area contributed by atoms with E-state index in [1.165, 1.54) is 12.1 Å². The molecule has 24 heavy (non-hydrogen) atoms. The Labute approximate surface area is 137 Å². The summed E-state index contributed by atoms with van der Waals surface area (Å²) in [5.41, 5.74) is 0.0383. The van der Waals surface area contributed by atoms with Gasteiger partial charge in [-0.05, 0) is 17.7 Å². The number of nitrogens with zero attached hydrogens (tertiary/aromatic N) is 1. The summed E-state index contributed by atoms with van der Waals surface area (Å²) in [4.78, 5) is 21.5. The Hall–Kier alpha value is -2.78. The average molecular weight is 351 g/mol. The van der Waals surface area contributed by atoms with Crippen molar-refractivity contribution in [3.05, 3.63) is 70.3 Å². The molecule has 0 saturated carbocycles. The van der Waals surface area contributed by atoms with Crippen LogP contribution in [0.15, 0.2) is 59.5 Å². The number of non-ortho nitro benzene ring substituents is 1. The lowest BCUT2D eigenvalue weighted by atomic mass is 10.1. The molecule has 0 aliphatic carbocycles. The lowest BCUT2D eigenvalue weighted by Gasteiger charge is -2.15. The minimum Gasteiger partial charge on any atom is -0.467 e. The minimum atomic E-state index is -4.33. The van der Waals surface area contributed by atoms with Crippen LogP contribution in [0.4, 0.5) is 5.69 Å². The van der Waals surface area contributed by atoms with E-state index in [0.29, 0.717) is 5.56 Å². The van der Waals surface area contributed by atoms with Crippen molar-refractivity contribution in [1.29, 1.82) is 0 Å². The van der Waals surface area contributed by atoms with Crippen molar-refractivity contribution in [1.82, 2.24) is 0 Å². The molecule has 0 amide bonds. The summed E-state index contributed by atoms with van der Waals surface area (Å²) in [6.07, 6.45) is -1.48. The Morgan fingerprint density at radius 2 is 1.67 bits per heavy atom. The second-order valence-corrected chi connectivity index (χ2v) is 6.19. The van der Waals surface area contributed by atoms with Crippen LogP contribution >= 0.6 is 0 Å². The molecule has 0 saturated heterocycles. The van der Waals surface area contributed by atoms with E-state index in [1.54, 1.807) is 18.2 Å². The molecular weight excluding hydrogens is 338 g/mol. The third kappa shape index (κ3) is 3.94. The highest BCUT2D eigenvalue weighted by Crippen LogP contribution is 2.26. The van der Waals surface area contributed by atoms with Gasteiger partial charge in [-0.25, -0.2) is 8.98 Å². The van der Waals surface area contributed by atoms with E-state index < -0.39 is 27.1 Å². The molecule has 8 nitrogen and oxygen atoms in total. The highest BCUT2D eigenvalue weighted by molar-refractivity contribution is 7.86. The van der Waals surface area contributed by atoms with Gasteiger partial charge in [-0.2, -0.15) is 8.42 Å². The van der Waals surface area contributed by atoms with Crippen LogP contribution in [0.2, 0.25) is 0 Å². The number of esters is 1. The fourth-order valence-corrected chi connectivity index (χ4v) is 2.91. The molecular formula is C15H13NO7S. The van der Waals surface area contributed by atoms with Crippen LogP contribution in [0.3, 0.4) is 0 Å². The molecule has 0 spiro atoms. The number of nitro benzene ring substituents is 1. The maximum Gasteiger partial charge on any atom is 0.341 e. The summed E-state index contributed by atoms with van der Waals surface area (Å²) in [6, 6.07) is 12.1. The van der Waals surface area contributed by atoms with Gasteiger partial charge < -0.3 is 4.74 Å². The van der Waals surface area contributed by atoms with Crippen molar-refractivity contribution in [3.8, 4) is 0 Å². The van der Waals surface area contributed by atoms with E-state index in [-0.39, 0.29) is 10.6 Å². The molecule has 126 valence electrons. The number of carbonyl (C=O) groups excluding carboxylic acids is 1. The molecule has 0 radical (unpaired) electrons. The van der Waals surface area contributed by atoms with Gasteiger partial charge in [0.05, 0.1) is 16.9 Å². The van der Waals surface area contributed by atoms with E-state index in [0.717, 1.165) is 31.4 Å². The smallest absolute Gasteiger partial charge is 0.341 e. The summed E-state index contributed by atoms with van der Waals surface area (Å²) in [7, 11) is -3.22. The van der Waals surface area contributed by atoms with Crippen LogP contribution < -0.4 is 0 Å². The predicted octanol–water partition coefficient (Wildman–Crippen LogP) is 2.21. The van der Waals surface area contributed by atoms with Crippen LogP contribution in [0, 0.1) is 10.1 Å².